The molecule has 0 bridgehead atoms. The van der Waals surface area contributed by atoms with Gasteiger partial charge in [-0.15, -0.1) is 0 Å². The molecule has 2 aliphatic carbocycles. The molecule has 19 N–H and O–H groups in total. The molecule has 0 saturated carbocycles. The van der Waals surface area contributed by atoms with Crippen molar-refractivity contribution in [2.24, 2.45) is 5.92 Å². The fraction of sp³-hybridized carbons (Fsp3) is 0.417. The molecule has 26 heteroatoms. The van der Waals surface area contributed by atoms with Gasteiger partial charge in [0.05, 0.1) is 31.3 Å². The molecule has 7 rings (SSSR count). The number of phenols is 2. The van der Waals surface area contributed by atoms with Gasteiger partial charge in [0.25, 0.3) is 0 Å². The van der Waals surface area contributed by atoms with E-state index in [2.05, 4.69) is 0 Å². The number of hydrogen-bond donors (Lipinski definition) is 19. The van der Waals surface area contributed by atoms with Crippen LogP contribution in [0.1, 0.15) is 11.1 Å². The summed E-state index contributed by atoms with van der Waals surface area (Å²) in [4.78, 5) is 59.4. The van der Waals surface area contributed by atoms with Crippen LogP contribution in [0.5, 0.6) is 11.5 Å². The Balaban J connectivity index is 1.58. The van der Waals surface area contributed by atoms with Crippen LogP contribution >= 0.6 is 0 Å². The number of aliphatic hydroxyl groups is 17. The first-order chi connectivity index (χ1) is 34.8. The Morgan fingerprint density at radius 3 is 1.55 bits per heavy atom. The standard InChI is InChI=1S/C48H52O26/c49-13-22(56)30(57)37(64)40-27(28-33(60)25(20(54)11-5-16-1-7-18(52)8-2-16)41(67)47(70,43(28)69)45-38(65)35(62)31(58)23(14-50)72-45)29-34(61)26(21(55)12-6-17-3-9-19(53)10-4-17)42(68)48(71,44(29)74-40)46-39(66)36(63)32(59)24(15-51)73-46/h1-12,22-24,27,30-32,35-40,45-46,49-54,56-66,70-71H,13-15H2/b11-5+,12-6+,25-20-/t22-,23-,24-,27+,30-,31-,32-,35+,36+,37+,38-,39-,40+,45-,46-,47?,48?/m1/s1. The SMILES string of the molecule is O=C(/C=C/c1ccc(O)cc1)C1=C(O)C2=C(O[C@H]([C@@H](O)[C@H](O)[C@H](O)CO)[C@H]2C2=C(O)/C(=C(O)\C=C\c3ccc(O)cc3)C(=O)C(O)([C@@H]3O[C@H](CO)[C@@H](O)[C@H](O)[C@H]3O)C2=O)C(O)([C@@H]2O[C@H](CO)[C@@H](O)[C@H](O)[C@H]2O)C1=O. The van der Waals surface area contributed by atoms with Crippen LogP contribution in [0.25, 0.3) is 12.2 Å². The number of Topliss-reactive ketones (excluding diaryl/α,β-unsaturated/α-hetero) is 3. The van der Waals surface area contributed by atoms with E-state index in [0.29, 0.717) is 12.2 Å². The summed E-state index contributed by atoms with van der Waals surface area (Å²) >= 11 is 0. The molecule has 400 valence electrons. The molecule has 0 amide bonds. The molecule has 0 spiro atoms. The monoisotopic (exact) mass is 1040 g/mol. The lowest BCUT2D eigenvalue weighted by Gasteiger charge is -2.47. The molecule has 3 aliphatic heterocycles. The molecule has 0 radical (unpaired) electrons. The predicted molar refractivity (Wildman–Crippen MR) is 241 cm³/mol. The van der Waals surface area contributed by atoms with Crippen molar-refractivity contribution in [3.05, 3.63) is 117 Å². The average molecular weight is 1040 g/mol. The van der Waals surface area contributed by atoms with E-state index in [-0.39, 0.29) is 22.6 Å². The largest absolute Gasteiger partial charge is 0.508 e. The minimum Gasteiger partial charge on any atom is -0.508 e. The van der Waals surface area contributed by atoms with E-state index in [1.54, 1.807) is 0 Å². The summed E-state index contributed by atoms with van der Waals surface area (Å²) in [6.45, 7) is -3.83. The van der Waals surface area contributed by atoms with E-state index in [1.165, 1.54) is 48.5 Å². The Labute approximate surface area is 416 Å². The van der Waals surface area contributed by atoms with E-state index in [4.69, 9.17) is 14.2 Å². The number of carbonyl (C=O) groups excluding carboxylic acids is 4. The molecule has 2 saturated heterocycles. The smallest absolute Gasteiger partial charge is 0.219 e. The van der Waals surface area contributed by atoms with Crippen LogP contribution in [0.2, 0.25) is 0 Å². The third kappa shape index (κ3) is 9.12. The lowest BCUT2D eigenvalue weighted by Crippen LogP contribution is -2.71. The van der Waals surface area contributed by atoms with Crippen LogP contribution in [-0.4, -0.2) is 237 Å². The zero-order valence-corrected chi connectivity index (χ0v) is 38.1. The van der Waals surface area contributed by atoms with Crippen molar-refractivity contribution in [2.75, 3.05) is 19.8 Å². The van der Waals surface area contributed by atoms with Gasteiger partial charge in [-0.25, -0.2) is 0 Å². The van der Waals surface area contributed by atoms with E-state index in [9.17, 15) is 111 Å². The molecule has 26 nitrogen and oxygen atoms in total. The maximum Gasteiger partial charge on any atom is 0.219 e. The van der Waals surface area contributed by atoms with E-state index in [1.807, 2.05) is 0 Å². The van der Waals surface area contributed by atoms with Crippen molar-refractivity contribution in [3.8, 4) is 11.5 Å². The van der Waals surface area contributed by atoms with Crippen molar-refractivity contribution in [3.63, 3.8) is 0 Å². The summed E-state index contributed by atoms with van der Waals surface area (Å²) in [5.41, 5.74) is -13.7. The quantitative estimate of drug-likeness (QED) is 0.0362. The molecular weight excluding hydrogens is 993 g/mol. The van der Waals surface area contributed by atoms with Crippen molar-refractivity contribution in [2.45, 2.75) is 96.7 Å². The molecule has 2 aromatic carbocycles. The Kier molecular flexibility index (Phi) is 15.9. The predicted octanol–water partition coefficient (Wildman–Crippen LogP) is -5.94. The third-order valence-electron chi connectivity index (χ3n) is 13.5. The number of hydrogen-bond acceptors (Lipinski definition) is 26. The maximum absolute atomic E-state index is 15.4. The minimum absolute atomic E-state index is 0.143. The molecule has 2 unspecified atom stereocenters. The first-order valence-corrected chi connectivity index (χ1v) is 22.4. The van der Waals surface area contributed by atoms with Gasteiger partial charge in [-0.1, -0.05) is 36.4 Å². The number of aliphatic hydroxyl groups excluding tert-OH is 15. The van der Waals surface area contributed by atoms with Crippen molar-refractivity contribution in [1.82, 2.24) is 0 Å². The summed E-state index contributed by atoms with van der Waals surface area (Å²) in [6, 6.07) is 9.81. The summed E-state index contributed by atoms with van der Waals surface area (Å²) in [7, 11) is 0. The first-order valence-electron chi connectivity index (χ1n) is 22.4. The number of carbonyl (C=O) groups is 4. The van der Waals surface area contributed by atoms with Gasteiger partial charge in [-0.05, 0) is 47.5 Å². The van der Waals surface area contributed by atoms with Crippen LogP contribution in [0.15, 0.2) is 106 Å². The van der Waals surface area contributed by atoms with E-state index >= 15 is 4.79 Å². The molecule has 5 aliphatic rings. The van der Waals surface area contributed by atoms with Gasteiger partial charge in [0.2, 0.25) is 28.6 Å². The average Bonchev–Trinajstić information content (AvgIpc) is 3.78. The summed E-state index contributed by atoms with van der Waals surface area (Å²) in [5.74, 6) is -17.5. The second-order valence-electron chi connectivity index (χ2n) is 18.0. The van der Waals surface area contributed by atoms with Crippen LogP contribution < -0.4 is 0 Å². The highest BCUT2D eigenvalue weighted by atomic mass is 16.6. The van der Waals surface area contributed by atoms with Crippen LogP contribution in [0.4, 0.5) is 0 Å². The summed E-state index contributed by atoms with van der Waals surface area (Å²) in [5, 5.41) is 211. The molecule has 17 atom stereocenters. The van der Waals surface area contributed by atoms with E-state index in [0.717, 1.165) is 12.2 Å². The number of rotatable bonds is 14. The van der Waals surface area contributed by atoms with Crippen molar-refractivity contribution in [1.29, 1.82) is 0 Å². The number of ether oxygens (including phenoxy) is 3. The zero-order chi connectivity index (χ0) is 54.6. The topological polar surface area (TPSA) is 480 Å². The number of ketones is 4. The molecule has 0 aromatic heterocycles. The zero-order valence-electron chi connectivity index (χ0n) is 38.1. The molecule has 3 heterocycles. The maximum atomic E-state index is 15.4. The van der Waals surface area contributed by atoms with Gasteiger partial charge in [-0.3, -0.25) is 19.2 Å². The third-order valence-corrected chi connectivity index (χ3v) is 13.5. The Morgan fingerprint density at radius 2 is 1.08 bits per heavy atom. The van der Waals surface area contributed by atoms with Gasteiger partial charge in [0, 0.05) is 5.57 Å². The Bertz CT molecular complexity index is 2720. The first kappa shape index (κ1) is 55.5. The molecular formula is C48H52O26. The van der Waals surface area contributed by atoms with Gasteiger partial charge in [0.15, 0.2) is 5.78 Å². The second kappa shape index (κ2) is 21.2. The highest BCUT2D eigenvalue weighted by molar-refractivity contribution is 6.30. The van der Waals surface area contributed by atoms with Crippen LogP contribution in [0.3, 0.4) is 0 Å². The minimum atomic E-state index is -4.13. The lowest BCUT2D eigenvalue weighted by molar-refractivity contribution is -0.264. The molecule has 2 fully saturated rings. The fourth-order valence-electron chi connectivity index (χ4n) is 9.46. The van der Waals surface area contributed by atoms with Gasteiger partial charge in [0.1, 0.15) is 131 Å². The number of allylic oxidation sites excluding steroid dienone is 4. The van der Waals surface area contributed by atoms with Crippen molar-refractivity contribution >= 4 is 35.3 Å². The number of benzene rings is 2. The Morgan fingerprint density at radius 1 is 0.608 bits per heavy atom. The van der Waals surface area contributed by atoms with Gasteiger partial charge >= 0.3 is 0 Å². The number of aromatic hydroxyl groups is 2. The van der Waals surface area contributed by atoms with Crippen LogP contribution in [0, 0.1) is 5.92 Å². The van der Waals surface area contributed by atoms with E-state index < -0.39 is 191 Å². The highest BCUT2D eigenvalue weighted by Crippen LogP contribution is 2.54. The fourth-order valence-corrected chi connectivity index (χ4v) is 9.46. The second-order valence-corrected chi connectivity index (χ2v) is 18.0. The summed E-state index contributed by atoms with van der Waals surface area (Å²) in [6.07, 6.45) is -31.7. The number of phenolic OH excluding ortho intramolecular Hbond substituents is 2. The summed E-state index contributed by atoms with van der Waals surface area (Å²) < 4.78 is 16.9. The van der Waals surface area contributed by atoms with Crippen molar-refractivity contribution < 1.29 is 130 Å². The molecule has 74 heavy (non-hydrogen) atoms. The lowest BCUT2D eigenvalue weighted by atomic mass is 9.65. The Hall–Kier alpha value is -6.28. The molecule has 2 aromatic rings. The van der Waals surface area contributed by atoms with Crippen LogP contribution in [-0.2, 0) is 33.4 Å². The normalized spacial score (nSPS) is 35.8. The van der Waals surface area contributed by atoms with Gasteiger partial charge in [-0.2, -0.15) is 0 Å². The highest BCUT2D eigenvalue weighted by Gasteiger charge is 2.70. The van der Waals surface area contributed by atoms with Gasteiger partial charge < -0.3 is 111 Å².